The minimum atomic E-state index is -0.290. The molecule has 0 saturated carbocycles. The number of carbonyl (C=O) groups excluding carboxylic acids is 1. The molecular formula is C26H27N5O3. The lowest BCUT2D eigenvalue weighted by Crippen LogP contribution is -2.20. The minimum absolute atomic E-state index is 0.290. The predicted molar refractivity (Wildman–Crippen MR) is 135 cm³/mol. The third-order valence-corrected chi connectivity index (χ3v) is 5.43. The number of hydrogen-bond donors (Lipinski definition) is 3. The molecule has 0 atom stereocenters. The van der Waals surface area contributed by atoms with Gasteiger partial charge in [0.25, 0.3) is 0 Å². The lowest BCUT2D eigenvalue weighted by Gasteiger charge is -2.13. The topological polar surface area (TPSA) is 97.4 Å². The summed E-state index contributed by atoms with van der Waals surface area (Å²) in [6, 6.07) is 17.0. The van der Waals surface area contributed by atoms with Gasteiger partial charge in [-0.3, -0.25) is 0 Å². The van der Waals surface area contributed by atoms with Crippen LogP contribution in [0.4, 0.5) is 22.0 Å². The van der Waals surface area contributed by atoms with Gasteiger partial charge in [-0.1, -0.05) is 24.3 Å². The van der Waals surface area contributed by atoms with E-state index in [-0.39, 0.29) is 6.03 Å². The SMILES string of the molecule is COc1cc2ncnc(NCc3cccc(NC(=O)Nc4cc(C)ccc4C)c3)c2cc1OC. The second-order valence-electron chi connectivity index (χ2n) is 7.90. The van der Waals surface area contributed by atoms with Crippen LogP contribution >= 0.6 is 0 Å². The van der Waals surface area contributed by atoms with Crippen molar-refractivity contribution >= 4 is 34.1 Å². The maximum atomic E-state index is 12.5. The van der Waals surface area contributed by atoms with Crippen LogP contribution in [0, 0.1) is 13.8 Å². The molecule has 4 rings (SSSR count). The molecule has 0 unspecified atom stereocenters. The van der Waals surface area contributed by atoms with E-state index in [1.54, 1.807) is 14.2 Å². The summed E-state index contributed by atoms with van der Waals surface area (Å²) in [7, 11) is 3.18. The third kappa shape index (κ3) is 5.17. The number of rotatable bonds is 7. The maximum Gasteiger partial charge on any atom is 0.323 e. The summed E-state index contributed by atoms with van der Waals surface area (Å²) in [6.45, 7) is 4.46. The van der Waals surface area contributed by atoms with Gasteiger partial charge in [-0.15, -0.1) is 0 Å². The van der Waals surface area contributed by atoms with Gasteiger partial charge in [0.15, 0.2) is 11.5 Å². The molecule has 0 spiro atoms. The van der Waals surface area contributed by atoms with Crippen molar-refractivity contribution in [3.05, 3.63) is 77.6 Å². The lowest BCUT2D eigenvalue weighted by molar-refractivity contribution is 0.262. The van der Waals surface area contributed by atoms with E-state index in [1.807, 2.05) is 68.4 Å². The Kier molecular flexibility index (Phi) is 6.77. The summed E-state index contributed by atoms with van der Waals surface area (Å²) in [6.07, 6.45) is 1.51. The molecule has 8 heteroatoms. The molecule has 0 saturated heterocycles. The van der Waals surface area contributed by atoms with E-state index in [1.165, 1.54) is 6.33 Å². The summed E-state index contributed by atoms with van der Waals surface area (Å²) in [4.78, 5) is 21.2. The second-order valence-corrected chi connectivity index (χ2v) is 7.90. The molecule has 4 aromatic rings. The van der Waals surface area contributed by atoms with E-state index >= 15 is 0 Å². The number of methoxy groups -OCH3 is 2. The van der Waals surface area contributed by atoms with Gasteiger partial charge >= 0.3 is 6.03 Å². The molecule has 3 N–H and O–H groups in total. The van der Waals surface area contributed by atoms with Crippen LogP contribution < -0.4 is 25.4 Å². The molecule has 1 heterocycles. The minimum Gasteiger partial charge on any atom is -0.493 e. The summed E-state index contributed by atoms with van der Waals surface area (Å²) < 4.78 is 10.8. The highest BCUT2D eigenvalue weighted by atomic mass is 16.5. The van der Waals surface area contributed by atoms with Gasteiger partial charge in [-0.05, 0) is 54.8 Å². The number of hydrogen-bond acceptors (Lipinski definition) is 6. The highest BCUT2D eigenvalue weighted by Crippen LogP contribution is 2.33. The van der Waals surface area contributed by atoms with E-state index < -0.39 is 0 Å². The Morgan fingerprint density at radius 1 is 0.912 bits per heavy atom. The largest absolute Gasteiger partial charge is 0.493 e. The zero-order valence-corrected chi connectivity index (χ0v) is 19.6. The number of anilines is 3. The molecule has 174 valence electrons. The van der Waals surface area contributed by atoms with Gasteiger partial charge in [-0.25, -0.2) is 14.8 Å². The molecule has 0 radical (unpaired) electrons. The first-order valence-corrected chi connectivity index (χ1v) is 10.8. The van der Waals surface area contributed by atoms with Gasteiger partial charge in [0.1, 0.15) is 12.1 Å². The van der Waals surface area contributed by atoms with E-state index in [4.69, 9.17) is 9.47 Å². The van der Waals surface area contributed by atoms with E-state index in [9.17, 15) is 4.79 Å². The van der Waals surface area contributed by atoms with Crippen LogP contribution in [-0.2, 0) is 6.54 Å². The third-order valence-electron chi connectivity index (χ3n) is 5.43. The molecule has 1 aromatic heterocycles. The Morgan fingerprint density at radius 2 is 1.71 bits per heavy atom. The van der Waals surface area contributed by atoms with Crippen LogP contribution in [0.2, 0.25) is 0 Å². The molecule has 0 bridgehead atoms. The van der Waals surface area contributed by atoms with Gasteiger partial charge in [-0.2, -0.15) is 0 Å². The van der Waals surface area contributed by atoms with E-state index in [2.05, 4.69) is 25.9 Å². The molecule has 2 amide bonds. The van der Waals surface area contributed by atoms with E-state index in [0.29, 0.717) is 29.5 Å². The van der Waals surface area contributed by atoms with Crippen molar-refractivity contribution in [2.75, 3.05) is 30.2 Å². The standard InChI is InChI=1S/C26H27N5O3/c1-16-8-9-17(2)21(10-16)31-26(32)30-19-7-5-6-18(11-19)14-27-25-20-12-23(33-3)24(34-4)13-22(20)28-15-29-25/h5-13,15H,14H2,1-4H3,(H,27,28,29)(H2,30,31,32). The van der Waals surface area contributed by atoms with Crippen LogP contribution in [-0.4, -0.2) is 30.2 Å². The lowest BCUT2D eigenvalue weighted by atomic mass is 10.1. The molecule has 0 aliphatic carbocycles. The zero-order valence-electron chi connectivity index (χ0n) is 19.6. The Labute approximate surface area is 198 Å². The molecule has 34 heavy (non-hydrogen) atoms. The molecule has 0 aliphatic heterocycles. The van der Waals surface area contributed by atoms with Gasteiger partial charge in [0.2, 0.25) is 0 Å². The zero-order chi connectivity index (χ0) is 24.1. The van der Waals surface area contributed by atoms with Crippen molar-refractivity contribution in [2.24, 2.45) is 0 Å². The highest BCUT2D eigenvalue weighted by molar-refractivity contribution is 6.00. The normalized spacial score (nSPS) is 10.6. The number of aromatic nitrogens is 2. The summed E-state index contributed by atoms with van der Waals surface area (Å²) >= 11 is 0. The fraction of sp³-hybridized carbons (Fsp3) is 0.192. The first kappa shape index (κ1) is 22.8. The average Bonchev–Trinajstić information content (AvgIpc) is 2.84. The van der Waals surface area contributed by atoms with E-state index in [0.717, 1.165) is 33.3 Å². The van der Waals surface area contributed by atoms with Crippen molar-refractivity contribution in [2.45, 2.75) is 20.4 Å². The van der Waals surface area contributed by atoms with Crippen LogP contribution in [0.3, 0.4) is 0 Å². The van der Waals surface area contributed by atoms with Crippen LogP contribution in [0.1, 0.15) is 16.7 Å². The monoisotopic (exact) mass is 457 g/mol. The van der Waals surface area contributed by atoms with Crippen molar-refractivity contribution < 1.29 is 14.3 Å². The van der Waals surface area contributed by atoms with Crippen LogP contribution in [0.5, 0.6) is 11.5 Å². The summed E-state index contributed by atoms with van der Waals surface area (Å²) in [5.74, 6) is 1.89. The van der Waals surface area contributed by atoms with Crippen molar-refractivity contribution in [1.29, 1.82) is 0 Å². The van der Waals surface area contributed by atoms with Gasteiger partial charge < -0.3 is 25.4 Å². The number of ether oxygens (including phenoxy) is 2. The first-order chi connectivity index (χ1) is 16.5. The molecular weight excluding hydrogens is 430 g/mol. The van der Waals surface area contributed by atoms with Crippen molar-refractivity contribution in [3.8, 4) is 11.5 Å². The highest BCUT2D eigenvalue weighted by Gasteiger charge is 2.11. The Morgan fingerprint density at radius 3 is 2.50 bits per heavy atom. The number of fused-ring (bicyclic) bond motifs is 1. The Bertz CT molecular complexity index is 1340. The Balaban J connectivity index is 1.46. The molecule has 0 aliphatic rings. The average molecular weight is 458 g/mol. The number of aryl methyl sites for hydroxylation is 2. The predicted octanol–water partition coefficient (Wildman–Crippen LogP) is 5.52. The fourth-order valence-corrected chi connectivity index (χ4v) is 3.62. The second kappa shape index (κ2) is 10.1. The summed E-state index contributed by atoms with van der Waals surface area (Å²) in [5.41, 5.74) is 5.30. The quantitative estimate of drug-likeness (QED) is 0.338. The number of nitrogens with zero attached hydrogens (tertiary/aromatic N) is 2. The summed E-state index contributed by atoms with van der Waals surface area (Å²) in [5, 5.41) is 9.98. The van der Waals surface area contributed by atoms with Gasteiger partial charge in [0.05, 0.1) is 19.7 Å². The van der Waals surface area contributed by atoms with Crippen molar-refractivity contribution in [3.63, 3.8) is 0 Å². The smallest absolute Gasteiger partial charge is 0.323 e. The number of carbonyl (C=O) groups is 1. The number of urea groups is 1. The molecule has 3 aromatic carbocycles. The Hall–Kier alpha value is -4.33. The number of nitrogens with one attached hydrogen (secondary N) is 3. The molecule has 0 fully saturated rings. The van der Waals surface area contributed by atoms with Crippen LogP contribution in [0.25, 0.3) is 10.9 Å². The number of amides is 2. The number of benzene rings is 3. The van der Waals surface area contributed by atoms with Crippen molar-refractivity contribution in [1.82, 2.24) is 9.97 Å². The van der Waals surface area contributed by atoms with Gasteiger partial charge in [0, 0.05) is 29.4 Å². The fourth-order valence-electron chi connectivity index (χ4n) is 3.62. The molecule has 8 nitrogen and oxygen atoms in total. The van der Waals surface area contributed by atoms with Crippen LogP contribution in [0.15, 0.2) is 60.9 Å². The first-order valence-electron chi connectivity index (χ1n) is 10.8. The maximum absolute atomic E-state index is 12.5.